The van der Waals surface area contributed by atoms with Crippen LogP contribution in [0.15, 0.2) is 30.6 Å². The van der Waals surface area contributed by atoms with Gasteiger partial charge in [-0.25, -0.2) is 9.97 Å². The van der Waals surface area contributed by atoms with Crippen LogP contribution in [-0.2, 0) is 11.2 Å². The number of halogens is 1. The quantitative estimate of drug-likeness (QED) is 0.726. The van der Waals surface area contributed by atoms with Crippen LogP contribution in [0.2, 0.25) is 5.02 Å². The zero-order chi connectivity index (χ0) is 22.9. The molecule has 2 N–H and O–H groups in total. The van der Waals surface area contributed by atoms with Gasteiger partial charge in [0.05, 0.1) is 5.92 Å². The molecule has 3 heterocycles. The molecule has 2 saturated heterocycles. The molecule has 0 saturated carbocycles. The van der Waals surface area contributed by atoms with Crippen molar-refractivity contribution in [1.29, 1.82) is 0 Å². The molecule has 33 heavy (non-hydrogen) atoms. The lowest BCUT2D eigenvalue weighted by atomic mass is 9.96. The predicted octanol–water partition coefficient (Wildman–Crippen LogP) is 2.65. The first kappa shape index (κ1) is 22.6. The van der Waals surface area contributed by atoms with E-state index in [0.717, 1.165) is 56.8 Å². The van der Waals surface area contributed by atoms with Crippen LogP contribution in [0.5, 0.6) is 0 Å². The number of fused-ring (bicyclic) bond motifs is 1. The van der Waals surface area contributed by atoms with E-state index < -0.39 is 0 Å². The van der Waals surface area contributed by atoms with E-state index in [1.807, 2.05) is 29.2 Å². The van der Waals surface area contributed by atoms with Crippen LogP contribution < -0.4 is 10.6 Å². The van der Waals surface area contributed by atoms with E-state index in [9.17, 15) is 4.79 Å². The van der Waals surface area contributed by atoms with Crippen molar-refractivity contribution in [3.63, 3.8) is 0 Å². The zero-order valence-electron chi connectivity index (χ0n) is 19.3. The third-order valence-corrected chi connectivity index (χ3v) is 7.72. The minimum Gasteiger partial charge on any atom is -0.353 e. The van der Waals surface area contributed by atoms with Gasteiger partial charge in [-0.1, -0.05) is 30.7 Å². The number of aromatic nitrogens is 2. The first-order chi connectivity index (χ1) is 16.0. The summed E-state index contributed by atoms with van der Waals surface area (Å²) in [5.41, 5.74) is 9.65. The standard InChI is InChI=1S/C25H33ClN6O/c1-17-2-7-22-23(17)24(29-16-28-22)31-10-12-32(13-11-31)25(33)21(15-30-9-8-20(27)14-30)18-3-5-19(26)6-4-18/h3-6,16-17,20-21H,2,7-15,27H2,1H3/t17-,20?,21-/m1/s1. The van der Waals surface area contributed by atoms with Crippen LogP contribution >= 0.6 is 11.6 Å². The largest absolute Gasteiger partial charge is 0.353 e. The molecule has 1 aromatic heterocycles. The maximum Gasteiger partial charge on any atom is 0.231 e. The second kappa shape index (κ2) is 9.57. The van der Waals surface area contributed by atoms with Gasteiger partial charge in [0.15, 0.2) is 0 Å². The van der Waals surface area contributed by atoms with E-state index >= 15 is 0 Å². The number of aryl methyl sites for hydroxylation is 1. The summed E-state index contributed by atoms with van der Waals surface area (Å²) >= 11 is 6.12. The molecule has 1 amide bonds. The molecule has 2 aromatic rings. The van der Waals surface area contributed by atoms with Crippen LogP contribution in [0.3, 0.4) is 0 Å². The first-order valence-corrected chi connectivity index (χ1v) is 12.5. The maximum absolute atomic E-state index is 13.7. The minimum absolute atomic E-state index is 0.193. The molecule has 8 heteroatoms. The van der Waals surface area contributed by atoms with Gasteiger partial charge in [0.2, 0.25) is 5.91 Å². The number of anilines is 1. The summed E-state index contributed by atoms with van der Waals surface area (Å²) in [6.45, 7) is 7.76. The van der Waals surface area contributed by atoms with E-state index in [0.29, 0.717) is 30.6 Å². The molecule has 7 nitrogen and oxygen atoms in total. The summed E-state index contributed by atoms with van der Waals surface area (Å²) in [4.78, 5) is 29.6. The van der Waals surface area contributed by atoms with Crippen LogP contribution in [-0.4, -0.2) is 77.5 Å². The second-order valence-corrected chi connectivity index (χ2v) is 10.2. The topological polar surface area (TPSA) is 78.6 Å². The predicted molar refractivity (Wildman–Crippen MR) is 131 cm³/mol. The van der Waals surface area contributed by atoms with Crippen molar-refractivity contribution in [3.05, 3.63) is 52.4 Å². The number of hydrogen-bond donors (Lipinski definition) is 1. The van der Waals surface area contributed by atoms with Crippen LogP contribution in [0, 0.1) is 0 Å². The lowest BCUT2D eigenvalue weighted by Gasteiger charge is -2.38. The average Bonchev–Trinajstić information content (AvgIpc) is 3.43. The van der Waals surface area contributed by atoms with Gasteiger partial charge in [-0.3, -0.25) is 4.79 Å². The molecule has 3 aliphatic rings. The number of hydrogen-bond acceptors (Lipinski definition) is 6. The van der Waals surface area contributed by atoms with E-state index in [1.54, 1.807) is 6.33 Å². The minimum atomic E-state index is -0.206. The van der Waals surface area contributed by atoms with Gasteiger partial charge in [0.1, 0.15) is 12.1 Å². The summed E-state index contributed by atoms with van der Waals surface area (Å²) in [6.07, 6.45) is 4.86. The molecule has 0 bridgehead atoms. The fourth-order valence-corrected chi connectivity index (χ4v) is 5.67. The van der Waals surface area contributed by atoms with Crippen molar-refractivity contribution in [2.45, 2.75) is 44.1 Å². The highest BCUT2D eigenvalue weighted by Gasteiger charge is 2.33. The third-order valence-electron chi connectivity index (χ3n) is 7.46. The Kier molecular flexibility index (Phi) is 6.54. The van der Waals surface area contributed by atoms with Crippen molar-refractivity contribution >= 4 is 23.3 Å². The Morgan fingerprint density at radius 2 is 1.88 bits per heavy atom. The third kappa shape index (κ3) is 4.72. The van der Waals surface area contributed by atoms with E-state index in [2.05, 4.69) is 26.7 Å². The Bertz CT molecular complexity index is 991. The lowest BCUT2D eigenvalue weighted by Crippen LogP contribution is -2.51. The number of carbonyl (C=O) groups excluding carboxylic acids is 1. The monoisotopic (exact) mass is 468 g/mol. The molecule has 1 aliphatic carbocycles. The molecule has 0 spiro atoms. The number of nitrogens with two attached hydrogens (primary N) is 1. The van der Waals surface area contributed by atoms with Gasteiger partial charge < -0.3 is 20.4 Å². The molecular weight excluding hydrogens is 436 g/mol. The van der Waals surface area contributed by atoms with Crippen LogP contribution in [0.1, 0.15) is 48.4 Å². The molecule has 1 unspecified atom stereocenters. The molecule has 1 aromatic carbocycles. The van der Waals surface area contributed by atoms with Crippen LogP contribution in [0.4, 0.5) is 5.82 Å². The average molecular weight is 469 g/mol. The zero-order valence-corrected chi connectivity index (χ0v) is 20.0. The molecule has 5 rings (SSSR count). The van der Waals surface area contributed by atoms with E-state index in [1.165, 1.54) is 11.3 Å². The molecule has 0 radical (unpaired) electrons. The summed E-state index contributed by atoms with van der Waals surface area (Å²) in [5, 5.41) is 0.688. The molecule has 3 atom stereocenters. The number of piperazine rings is 1. The van der Waals surface area contributed by atoms with Crippen molar-refractivity contribution in [1.82, 2.24) is 19.8 Å². The van der Waals surface area contributed by atoms with Crippen molar-refractivity contribution in [2.75, 3.05) is 50.7 Å². The van der Waals surface area contributed by atoms with Gasteiger partial charge in [-0.2, -0.15) is 0 Å². The van der Waals surface area contributed by atoms with Crippen molar-refractivity contribution in [2.24, 2.45) is 5.73 Å². The second-order valence-electron chi connectivity index (χ2n) is 9.72. The van der Waals surface area contributed by atoms with Gasteiger partial charge in [0, 0.05) is 61.6 Å². The fraction of sp³-hybridized carbons (Fsp3) is 0.560. The number of amides is 1. The molecular formula is C25H33ClN6O. The first-order valence-electron chi connectivity index (χ1n) is 12.1. The summed E-state index contributed by atoms with van der Waals surface area (Å²) < 4.78 is 0. The van der Waals surface area contributed by atoms with E-state index in [4.69, 9.17) is 17.3 Å². The number of likely N-dealkylation sites (tertiary alicyclic amines) is 1. The number of rotatable bonds is 5. The summed E-state index contributed by atoms with van der Waals surface area (Å²) in [5.74, 6) is 1.55. The Balaban J connectivity index is 1.30. The van der Waals surface area contributed by atoms with E-state index in [-0.39, 0.29) is 17.9 Å². The molecule has 2 aliphatic heterocycles. The van der Waals surface area contributed by atoms with Crippen molar-refractivity contribution in [3.8, 4) is 0 Å². The number of nitrogens with zero attached hydrogens (tertiary/aromatic N) is 5. The SMILES string of the molecule is C[C@@H]1CCc2ncnc(N3CCN(C(=O)[C@H](CN4CCC(N)C4)c4ccc(Cl)cc4)CC3)c21. The Hall–Kier alpha value is -2.22. The molecule has 176 valence electrons. The van der Waals surface area contributed by atoms with Gasteiger partial charge in [-0.15, -0.1) is 0 Å². The number of benzene rings is 1. The van der Waals surface area contributed by atoms with Crippen molar-refractivity contribution < 1.29 is 4.79 Å². The summed E-state index contributed by atoms with van der Waals surface area (Å²) in [6, 6.07) is 7.93. The highest BCUT2D eigenvalue weighted by atomic mass is 35.5. The highest BCUT2D eigenvalue weighted by molar-refractivity contribution is 6.30. The summed E-state index contributed by atoms with van der Waals surface area (Å²) in [7, 11) is 0. The number of carbonyl (C=O) groups is 1. The van der Waals surface area contributed by atoms with Crippen LogP contribution in [0.25, 0.3) is 0 Å². The fourth-order valence-electron chi connectivity index (χ4n) is 5.54. The Morgan fingerprint density at radius 3 is 2.58 bits per heavy atom. The highest BCUT2D eigenvalue weighted by Crippen LogP contribution is 2.37. The lowest BCUT2D eigenvalue weighted by molar-refractivity contribution is -0.133. The maximum atomic E-state index is 13.7. The van der Waals surface area contributed by atoms with Gasteiger partial charge in [0.25, 0.3) is 0 Å². The van der Waals surface area contributed by atoms with Gasteiger partial charge in [-0.05, 0) is 49.4 Å². The smallest absolute Gasteiger partial charge is 0.231 e. The van der Waals surface area contributed by atoms with Gasteiger partial charge >= 0.3 is 0 Å². The Labute approximate surface area is 200 Å². The molecule has 2 fully saturated rings. The Morgan fingerprint density at radius 1 is 1.12 bits per heavy atom. The normalized spacial score (nSPS) is 24.2.